The van der Waals surface area contributed by atoms with Crippen molar-refractivity contribution in [2.75, 3.05) is 31.1 Å². The zero-order valence-corrected chi connectivity index (χ0v) is 17.5. The van der Waals surface area contributed by atoms with Crippen LogP contribution < -0.4 is 15.6 Å². The van der Waals surface area contributed by atoms with Gasteiger partial charge in [-0.05, 0) is 19.4 Å². The van der Waals surface area contributed by atoms with Crippen LogP contribution in [0.2, 0.25) is 0 Å². The summed E-state index contributed by atoms with van der Waals surface area (Å²) in [6.07, 6.45) is -2.57. The Morgan fingerprint density at radius 2 is 2.13 bits per heavy atom. The average molecular weight is 434 g/mol. The molecule has 0 spiro atoms. The summed E-state index contributed by atoms with van der Waals surface area (Å²) < 4.78 is 24.3. The number of piperazine rings is 1. The number of rotatable bonds is 5. The number of nitrogens with one attached hydrogen (secondary N) is 2. The van der Waals surface area contributed by atoms with Crippen LogP contribution in [0.5, 0.6) is 0 Å². The van der Waals surface area contributed by atoms with Gasteiger partial charge in [0.2, 0.25) is 11.0 Å². The largest absolute Gasteiger partial charge is 0.443 e. The normalized spacial score (nSPS) is 24.1. The quantitative estimate of drug-likeness (QED) is 0.686. The molecule has 3 heterocycles. The molecular formula is C19H23FN6O3S. The van der Waals surface area contributed by atoms with Crippen molar-refractivity contribution in [3.8, 4) is 0 Å². The summed E-state index contributed by atoms with van der Waals surface area (Å²) in [7, 11) is 0. The minimum absolute atomic E-state index is 0.0159. The minimum Gasteiger partial charge on any atom is -0.443 e. The Balaban J connectivity index is 1.49. The number of nitrogens with zero attached hydrogens (tertiary/aromatic N) is 4. The fourth-order valence-corrected chi connectivity index (χ4v) is 4.42. The van der Waals surface area contributed by atoms with Gasteiger partial charge in [0.25, 0.3) is 0 Å². The number of alkyl halides is 1. The van der Waals surface area contributed by atoms with Crippen molar-refractivity contribution in [1.29, 1.82) is 0 Å². The first-order valence-electron chi connectivity index (χ1n) is 9.65. The molecule has 4 rings (SSSR count). The molecule has 160 valence electrons. The first kappa shape index (κ1) is 20.5. The second-order valence-electron chi connectivity index (χ2n) is 7.48. The molecular weight excluding hydrogens is 411 g/mol. The number of aryl methyl sites for hydroxylation is 1. The van der Waals surface area contributed by atoms with Gasteiger partial charge in [-0.3, -0.25) is 10.2 Å². The molecule has 30 heavy (non-hydrogen) atoms. The van der Waals surface area contributed by atoms with Crippen molar-refractivity contribution in [2.45, 2.75) is 31.7 Å². The zero-order chi connectivity index (χ0) is 21.3. The molecule has 2 saturated heterocycles. The molecule has 3 unspecified atom stereocenters. The van der Waals surface area contributed by atoms with Crippen LogP contribution in [0.1, 0.15) is 18.3 Å². The molecule has 0 saturated carbocycles. The van der Waals surface area contributed by atoms with Crippen LogP contribution in [0.3, 0.4) is 0 Å². The van der Waals surface area contributed by atoms with Crippen molar-refractivity contribution in [3.63, 3.8) is 0 Å². The highest BCUT2D eigenvalue weighted by molar-refractivity contribution is 7.09. The molecule has 11 heteroatoms. The molecule has 0 radical (unpaired) electrons. The lowest BCUT2D eigenvalue weighted by molar-refractivity contribution is -0.135. The van der Waals surface area contributed by atoms with Gasteiger partial charge in [-0.1, -0.05) is 30.3 Å². The number of anilines is 1. The van der Waals surface area contributed by atoms with E-state index in [1.165, 1.54) is 0 Å². The Labute approximate surface area is 177 Å². The Morgan fingerprint density at radius 1 is 1.37 bits per heavy atom. The molecule has 9 nitrogen and oxygen atoms in total. The van der Waals surface area contributed by atoms with E-state index in [-0.39, 0.29) is 19.0 Å². The van der Waals surface area contributed by atoms with E-state index in [1.54, 1.807) is 23.8 Å². The summed E-state index contributed by atoms with van der Waals surface area (Å²) in [6, 6.07) is 9.14. The highest BCUT2D eigenvalue weighted by Crippen LogP contribution is 2.32. The maximum atomic E-state index is 14.8. The number of hydrogen-bond acceptors (Lipinski definition) is 8. The van der Waals surface area contributed by atoms with E-state index in [1.807, 2.05) is 30.3 Å². The second kappa shape index (κ2) is 8.15. The Bertz CT molecular complexity index is 928. The van der Waals surface area contributed by atoms with E-state index in [9.17, 15) is 14.0 Å². The van der Waals surface area contributed by atoms with E-state index in [0.29, 0.717) is 29.6 Å². The third kappa shape index (κ3) is 3.82. The van der Waals surface area contributed by atoms with E-state index < -0.39 is 23.9 Å². The number of hydrogen-bond donors (Lipinski definition) is 2. The maximum absolute atomic E-state index is 14.8. The van der Waals surface area contributed by atoms with Crippen LogP contribution in [0.15, 0.2) is 30.3 Å². The number of benzene rings is 1. The lowest BCUT2D eigenvalue weighted by atomic mass is 9.76. The molecule has 0 aliphatic carbocycles. The van der Waals surface area contributed by atoms with Gasteiger partial charge in [0.15, 0.2) is 6.30 Å². The number of cyclic esters (lactones) is 1. The summed E-state index contributed by atoms with van der Waals surface area (Å²) in [5.74, 6) is 0.249. The molecule has 2 amide bonds. The predicted molar refractivity (Wildman–Crippen MR) is 109 cm³/mol. The van der Waals surface area contributed by atoms with Gasteiger partial charge in [0, 0.05) is 24.6 Å². The summed E-state index contributed by atoms with van der Waals surface area (Å²) in [5, 5.41) is 4.69. The fourth-order valence-electron chi connectivity index (χ4n) is 3.68. The van der Waals surface area contributed by atoms with Gasteiger partial charge in [-0.25, -0.2) is 19.2 Å². The number of amides is 2. The number of halogens is 1. The summed E-state index contributed by atoms with van der Waals surface area (Å²) >= 11 is 1.16. The van der Waals surface area contributed by atoms with Gasteiger partial charge in [0.1, 0.15) is 17.3 Å². The third-order valence-corrected chi connectivity index (χ3v) is 6.36. The lowest BCUT2D eigenvalue weighted by Gasteiger charge is -2.39. The molecule has 2 aromatic rings. The second-order valence-corrected chi connectivity index (χ2v) is 8.21. The van der Waals surface area contributed by atoms with E-state index in [0.717, 1.165) is 11.5 Å². The molecule has 1 aromatic carbocycles. The summed E-state index contributed by atoms with van der Waals surface area (Å²) in [5.41, 5.74) is 2.41. The number of carbonyl (C=O) groups excluding carboxylic acids is 2. The van der Waals surface area contributed by atoms with Crippen LogP contribution in [0, 0.1) is 6.92 Å². The van der Waals surface area contributed by atoms with Crippen molar-refractivity contribution < 1.29 is 18.7 Å². The zero-order valence-electron chi connectivity index (χ0n) is 16.7. The topological polar surface area (TPSA) is 99.7 Å². The third-order valence-electron chi connectivity index (χ3n) is 5.51. The van der Waals surface area contributed by atoms with Crippen LogP contribution in [-0.4, -0.2) is 64.9 Å². The highest BCUT2D eigenvalue weighted by Gasteiger charge is 2.48. The SMILES string of the molecule is Cc1nsc(N2CCN(NC(=O)C(C)(c3ccccc3)C3CNC(=O)O3)CC2F)n1. The van der Waals surface area contributed by atoms with Gasteiger partial charge >= 0.3 is 6.09 Å². The van der Waals surface area contributed by atoms with Gasteiger partial charge in [0.05, 0.1) is 13.1 Å². The van der Waals surface area contributed by atoms with E-state index >= 15 is 0 Å². The first-order valence-corrected chi connectivity index (χ1v) is 10.4. The smallest absolute Gasteiger partial charge is 0.407 e. The van der Waals surface area contributed by atoms with Gasteiger partial charge < -0.3 is 15.0 Å². The maximum Gasteiger partial charge on any atom is 0.407 e. The summed E-state index contributed by atoms with van der Waals surface area (Å²) in [4.78, 5) is 30.8. The molecule has 2 fully saturated rings. The Hall–Kier alpha value is -2.79. The predicted octanol–water partition coefficient (Wildman–Crippen LogP) is 1.36. The van der Waals surface area contributed by atoms with Crippen molar-refractivity contribution >= 4 is 28.7 Å². The molecule has 2 aliphatic rings. The van der Waals surface area contributed by atoms with Crippen molar-refractivity contribution in [2.24, 2.45) is 0 Å². The van der Waals surface area contributed by atoms with Crippen molar-refractivity contribution in [3.05, 3.63) is 41.7 Å². The molecule has 2 aliphatic heterocycles. The Morgan fingerprint density at radius 3 is 2.73 bits per heavy atom. The highest BCUT2D eigenvalue weighted by atomic mass is 32.1. The van der Waals surface area contributed by atoms with Gasteiger partial charge in [-0.15, -0.1) is 0 Å². The van der Waals surface area contributed by atoms with Crippen LogP contribution in [-0.2, 0) is 14.9 Å². The number of carbonyl (C=O) groups is 2. The molecule has 1 aromatic heterocycles. The number of hydrazine groups is 1. The van der Waals surface area contributed by atoms with E-state index in [2.05, 4.69) is 20.1 Å². The molecule has 2 N–H and O–H groups in total. The number of alkyl carbamates (subject to hydrolysis) is 1. The van der Waals surface area contributed by atoms with Crippen LogP contribution >= 0.6 is 11.5 Å². The van der Waals surface area contributed by atoms with Crippen LogP contribution in [0.4, 0.5) is 14.3 Å². The van der Waals surface area contributed by atoms with E-state index in [4.69, 9.17) is 4.74 Å². The first-order chi connectivity index (χ1) is 14.4. The van der Waals surface area contributed by atoms with Gasteiger partial charge in [-0.2, -0.15) is 4.37 Å². The minimum atomic E-state index is -1.33. The number of aromatic nitrogens is 2. The molecule has 0 bridgehead atoms. The van der Waals surface area contributed by atoms with Crippen molar-refractivity contribution in [1.82, 2.24) is 25.1 Å². The fraction of sp³-hybridized carbons (Fsp3) is 0.474. The average Bonchev–Trinajstić information content (AvgIpc) is 3.36. The molecule has 3 atom stereocenters. The lowest BCUT2D eigenvalue weighted by Crippen LogP contribution is -2.61. The Kier molecular flexibility index (Phi) is 5.56. The monoisotopic (exact) mass is 434 g/mol. The summed E-state index contributed by atoms with van der Waals surface area (Å²) in [6.45, 7) is 4.47. The standard InChI is InChI=1S/C19H23FN6O3S/c1-12-22-17(30-24-12)26-9-8-25(11-15(26)20)23-16(27)19(2,13-6-4-3-5-7-13)14-10-21-18(28)29-14/h3-7,14-15H,8-11H2,1-2H3,(H,21,28)(H,23,27). The van der Waals surface area contributed by atoms with Crippen LogP contribution in [0.25, 0.3) is 0 Å². The number of ether oxygens (including phenoxy) is 1.